The number of unbranched alkanes of at least 4 members (excludes halogenated alkanes) is 1. The van der Waals surface area contributed by atoms with E-state index in [0.29, 0.717) is 11.3 Å². The first-order valence-corrected chi connectivity index (χ1v) is 8.70. The van der Waals surface area contributed by atoms with Gasteiger partial charge >= 0.3 is 0 Å². The normalized spacial score (nSPS) is 10.6. The van der Waals surface area contributed by atoms with Crippen molar-refractivity contribution in [3.05, 3.63) is 41.2 Å². The monoisotopic (exact) mass is 358 g/mol. The molecule has 2 aromatic rings. The maximum atomic E-state index is 12.6. The summed E-state index contributed by atoms with van der Waals surface area (Å²) >= 11 is 0. The van der Waals surface area contributed by atoms with Crippen LogP contribution >= 0.6 is 0 Å². The summed E-state index contributed by atoms with van der Waals surface area (Å²) in [7, 11) is 1.45. The molecule has 26 heavy (non-hydrogen) atoms. The van der Waals surface area contributed by atoms with Crippen molar-refractivity contribution in [1.29, 1.82) is 0 Å². The number of carbonyl (C=O) groups excluding carboxylic acids is 2. The number of ether oxygens (including phenoxy) is 1. The number of nitrogens with zero attached hydrogens (tertiary/aromatic N) is 2. The lowest BCUT2D eigenvalue weighted by Crippen LogP contribution is -2.18. The molecule has 0 fully saturated rings. The smallest absolute Gasteiger partial charge is 0.255 e. The Morgan fingerprint density at radius 1 is 1.23 bits per heavy atom. The zero-order valence-electron chi connectivity index (χ0n) is 15.8. The summed E-state index contributed by atoms with van der Waals surface area (Å²) in [4.78, 5) is 24.2. The molecular formula is C19H26N4O3. The van der Waals surface area contributed by atoms with Crippen molar-refractivity contribution in [2.45, 2.75) is 40.2 Å². The maximum Gasteiger partial charge on any atom is 0.255 e. The topological polar surface area (TPSA) is 85.3 Å². The highest BCUT2D eigenvalue weighted by atomic mass is 16.5. The fraction of sp³-hybridized carbons (Fsp3) is 0.421. The molecule has 1 aromatic heterocycles. The number of aryl methyl sites for hydroxylation is 2. The van der Waals surface area contributed by atoms with Crippen LogP contribution in [0.25, 0.3) is 0 Å². The third-order valence-corrected chi connectivity index (χ3v) is 4.03. The van der Waals surface area contributed by atoms with Crippen molar-refractivity contribution in [2.24, 2.45) is 0 Å². The van der Waals surface area contributed by atoms with Crippen LogP contribution in [0.5, 0.6) is 0 Å². The van der Waals surface area contributed by atoms with Crippen molar-refractivity contribution in [1.82, 2.24) is 9.78 Å². The van der Waals surface area contributed by atoms with Gasteiger partial charge in [-0.1, -0.05) is 19.4 Å². The first kappa shape index (κ1) is 19.7. The molecule has 0 unspecified atom stereocenters. The molecule has 0 radical (unpaired) electrons. The minimum Gasteiger partial charge on any atom is -0.375 e. The summed E-state index contributed by atoms with van der Waals surface area (Å²) in [5.74, 6) is -0.511. The Balaban J connectivity index is 2.13. The van der Waals surface area contributed by atoms with Gasteiger partial charge in [0.15, 0.2) is 0 Å². The summed E-state index contributed by atoms with van der Waals surface area (Å²) in [6.07, 6.45) is 2.13. The molecule has 0 spiro atoms. The molecule has 0 aliphatic heterocycles. The van der Waals surface area contributed by atoms with E-state index < -0.39 is 0 Å². The number of amides is 2. The van der Waals surface area contributed by atoms with Crippen LogP contribution in [0.4, 0.5) is 11.4 Å². The van der Waals surface area contributed by atoms with E-state index in [0.717, 1.165) is 36.5 Å². The molecule has 2 rings (SSSR count). The van der Waals surface area contributed by atoms with E-state index in [4.69, 9.17) is 4.74 Å². The van der Waals surface area contributed by atoms with Crippen LogP contribution in [0.3, 0.4) is 0 Å². The second kappa shape index (κ2) is 9.15. The van der Waals surface area contributed by atoms with Gasteiger partial charge in [-0.15, -0.1) is 0 Å². The van der Waals surface area contributed by atoms with E-state index in [9.17, 15) is 9.59 Å². The third-order valence-electron chi connectivity index (χ3n) is 4.03. The fourth-order valence-corrected chi connectivity index (χ4v) is 2.66. The lowest BCUT2D eigenvalue weighted by atomic mass is 10.1. The van der Waals surface area contributed by atoms with Crippen molar-refractivity contribution in [3.63, 3.8) is 0 Å². The highest BCUT2D eigenvalue weighted by molar-refractivity contribution is 6.06. The molecule has 0 atom stereocenters. The number of rotatable bonds is 8. The van der Waals surface area contributed by atoms with Crippen molar-refractivity contribution < 1.29 is 14.3 Å². The number of hydrogen-bond donors (Lipinski definition) is 2. The maximum absolute atomic E-state index is 12.6. The molecule has 0 aliphatic carbocycles. The quantitative estimate of drug-likeness (QED) is 0.759. The molecule has 0 saturated carbocycles. The Kier molecular flexibility index (Phi) is 6.91. The molecule has 1 aromatic carbocycles. The van der Waals surface area contributed by atoms with Crippen molar-refractivity contribution in [2.75, 3.05) is 24.4 Å². The number of methoxy groups -OCH3 is 1. The average molecular weight is 358 g/mol. The first-order valence-electron chi connectivity index (χ1n) is 8.70. The predicted molar refractivity (Wildman–Crippen MR) is 102 cm³/mol. The van der Waals surface area contributed by atoms with E-state index in [1.54, 1.807) is 24.3 Å². The first-order chi connectivity index (χ1) is 12.5. The zero-order chi connectivity index (χ0) is 19.1. The van der Waals surface area contributed by atoms with Crippen molar-refractivity contribution in [3.8, 4) is 0 Å². The fourth-order valence-electron chi connectivity index (χ4n) is 2.66. The van der Waals surface area contributed by atoms with Gasteiger partial charge in [-0.3, -0.25) is 14.3 Å². The molecule has 0 aliphatic rings. The Hall–Kier alpha value is -2.67. The zero-order valence-corrected chi connectivity index (χ0v) is 15.8. The molecule has 7 heteroatoms. The van der Waals surface area contributed by atoms with Crippen LogP contribution in [-0.4, -0.2) is 35.3 Å². The van der Waals surface area contributed by atoms with Crippen LogP contribution < -0.4 is 10.6 Å². The van der Waals surface area contributed by atoms with Gasteiger partial charge in [-0.2, -0.15) is 5.10 Å². The summed E-state index contributed by atoms with van der Waals surface area (Å²) < 4.78 is 6.71. The summed E-state index contributed by atoms with van der Waals surface area (Å²) in [5, 5.41) is 10.1. The molecule has 0 saturated heterocycles. The van der Waals surface area contributed by atoms with Gasteiger partial charge in [0, 0.05) is 24.9 Å². The van der Waals surface area contributed by atoms with Crippen LogP contribution in [0.1, 0.15) is 41.5 Å². The summed E-state index contributed by atoms with van der Waals surface area (Å²) in [6.45, 7) is 6.76. The van der Waals surface area contributed by atoms with E-state index in [-0.39, 0.29) is 18.4 Å². The summed E-state index contributed by atoms with van der Waals surface area (Å²) in [6, 6.07) is 6.79. The largest absolute Gasteiger partial charge is 0.375 e. The van der Waals surface area contributed by atoms with Gasteiger partial charge < -0.3 is 15.4 Å². The van der Waals surface area contributed by atoms with Gasteiger partial charge in [-0.05, 0) is 38.5 Å². The molecule has 1 heterocycles. The number of carbonyl (C=O) groups is 2. The minimum absolute atomic E-state index is 0.0360. The standard InChI is InChI=1S/C19H26N4O3/c1-5-6-10-23-14(3)18(13(2)22-23)21-19(25)15-8-7-9-16(11-15)20-17(24)12-26-4/h7-9,11H,5-6,10,12H2,1-4H3,(H,20,24)(H,21,25). The molecule has 2 N–H and O–H groups in total. The number of hydrogen-bond acceptors (Lipinski definition) is 4. The lowest BCUT2D eigenvalue weighted by molar-refractivity contribution is -0.119. The van der Waals surface area contributed by atoms with Gasteiger partial charge in [0.1, 0.15) is 6.61 Å². The van der Waals surface area contributed by atoms with Crippen LogP contribution in [-0.2, 0) is 16.1 Å². The van der Waals surface area contributed by atoms with Gasteiger partial charge in [0.05, 0.1) is 17.1 Å². The van der Waals surface area contributed by atoms with E-state index >= 15 is 0 Å². The number of benzene rings is 1. The van der Waals surface area contributed by atoms with E-state index in [2.05, 4.69) is 22.7 Å². The Morgan fingerprint density at radius 3 is 2.69 bits per heavy atom. The molecule has 2 amide bonds. The highest BCUT2D eigenvalue weighted by Crippen LogP contribution is 2.21. The molecule has 7 nitrogen and oxygen atoms in total. The molecule has 0 bridgehead atoms. The Morgan fingerprint density at radius 2 is 2.00 bits per heavy atom. The molecular weight excluding hydrogens is 332 g/mol. The number of nitrogens with one attached hydrogen (secondary N) is 2. The molecule has 140 valence electrons. The van der Waals surface area contributed by atoms with Crippen LogP contribution in [0.15, 0.2) is 24.3 Å². The number of anilines is 2. The van der Waals surface area contributed by atoms with Crippen LogP contribution in [0, 0.1) is 13.8 Å². The van der Waals surface area contributed by atoms with Gasteiger partial charge in [0.2, 0.25) is 5.91 Å². The minimum atomic E-state index is -0.269. The van der Waals surface area contributed by atoms with Gasteiger partial charge in [-0.25, -0.2) is 0 Å². The van der Waals surface area contributed by atoms with E-state index in [1.165, 1.54) is 7.11 Å². The van der Waals surface area contributed by atoms with Crippen LogP contribution in [0.2, 0.25) is 0 Å². The average Bonchev–Trinajstić information content (AvgIpc) is 2.87. The van der Waals surface area contributed by atoms with Crippen molar-refractivity contribution >= 4 is 23.2 Å². The number of aromatic nitrogens is 2. The Labute approximate surface area is 153 Å². The lowest BCUT2D eigenvalue weighted by Gasteiger charge is -2.09. The van der Waals surface area contributed by atoms with Gasteiger partial charge in [0.25, 0.3) is 5.91 Å². The predicted octanol–water partition coefficient (Wildman–Crippen LogP) is 3.14. The Bertz CT molecular complexity index is 783. The third kappa shape index (κ3) is 4.92. The second-order valence-corrected chi connectivity index (χ2v) is 6.14. The van der Waals surface area contributed by atoms with E-state index in [1.807, 2.05) is 18.5 Å². The SMILES string of the molecule is CCCCn1nc(C)c(NC(=O)c2cccc(NC(=O)COC)c2)c1C. The summed E-state index contributed by atoms with van der Waals surface area (Å²) in [5.41, 5.74) is 3.47. The second-order valence-electron chi connectivity index (χ2n) is 6.14. The highest BCUT2D eigenvalue weighted by Gasteiger charge is 2.15.